The Labute approximate surface area is 165 Å². The van der Waals surface area contributed by atoms with Crippen molar-refractivity contribution in [1.82, 2.24) is 5.16 Å². The number of amides is 1. The fourth-order valence-corrected chi connectivity index (χ4v) is 3.37. The number of aryl methyl sites for hydroxylation is 1. The van der Waals surface area contributed by atoms with Gasteiger partial charge < -0.3 is 9.63 Å². The van der Waals surface area contributed by atoms with Gasteiger partial charge in [-0.05, 0) is 24.6 Å². The van der Waals surface area contributed by atoms with E-state index in [1.54, 1.807) is 67.6 Å². The van der Waals surface area contributed by atoms with Gasteiger partial charge in [0.05, 0.1) is 11.6 Å². The SMILES string of the molecule is Cc1cc(N2C(=O)C(=O)C(=C(O)c3ccccc3)C2c2ccc(Cl)cc2)no1. The summed E-state index contributed by atoms with van der Waals surface area (Å²) >= 11 is 5.99. The molecule has 28 heavy (non-hydrogen) atoms. The van der Waals surface area contributed by atoms with E-state index in [2.05, 4.69) is 5.16 Å². The quantitative estimate of drug-likeness (QED) is 0.407. The first-order valence-electron chi connectivity index (χ1n) is 8.52. The number of carbonyl (C=O) groups is 2. The van der Waals surface area contributed by atoms with Gasteiger partial charge in [-0.3, -0.25) is 14.5 Å². The van der Waals surface area contributed by atoms with Crippen molar-refractivity contribution in [2.24, 2.45) is 0 Å². The van der Waals surface area contributed by atoms with Crippen molar-refractivity contribution >= 4 is 34.9 Å². The van der Waals surface area contributed by atoms with Crippen molar-refractivity contribution in [3.05, 3.63) is 88.1 Å². The number of hydrogen-bond acceptors (Lipinski definition) is 5. The smallest absolute Gasteiger partial charge is 0.301 e. The van der Waals surface area contributed by atoms with E-state index in [0.717, 1.165) is 0 Å². The molecule has 1 aliphatic rings. The van der Waals surface area contributed by atoms with Crippen molar-refractivity contribution in [2.75, 3.05) is 4.90 Å². The topological polar surface area (TPSA) is 83.6 Å². The van der Waals surface area contributed by atoms with Crippen molar-refractivity contribution < 1.29 is 19.2 Å². The fourth-order valence-electron chi connectivity index (χ4n) is 3.25. The largest absolute Gasteiger partial charge is 0.507 e. The lowest BCUT2D eigenvalue weighted by Crippen LogP contribution is -2.29. The maximum atomic E-state index is 12.9. The van der Waals surface area contributed by atoms with Gasteiger partial charge in [-0.2, -0.15) is 0 Å². The van der Waals surface area contributed by atoms with Gasteiger partial charge in [0.1, 0.15) is 11.5 Å². The summed E-state index contributed by atoms with van der Waals surface area (Å²) < 4.78 is 5.09. The van der Waals surface area contributed by atoms with Crippen LogP contribution in [-0.4, -0.2) is 22.0 Å². The van der Waals surface area contributed by atoms with E-state index in [1.165, 1.54) is 4.90 Å². The highest BCUT2D eigenvalue weighted by atomic mass is 35.5. The third-order valence-electron chi connectivity index (χ3n) is 4.54. The lowest BCUT2D eigenvalue weighted by atomic mass is 9.95. The van der Waals surface area contributed by atoms with E-state index >= 15 is 0 Å². The molecule has 1 aromatic heterocycles. The van der Waals surface area contributed by atoms with Gasteiger partial charge in [0.15, 0.2) is 5.82 Å². The summed E-state index contributed by atoms with van der Waals surface area (Å²) in [7, 11) is 0. The maximum Gasteiger partial charge on any atom is 0.301 e. The van der Waals surface area contributed by atoms with Crippen LogP contribution in [0.2, 0.25) is 5.02 Å². The van der Waals surface area contributed by atoms with Crippen molar-refractivity contribution in [2.45, 2.75) is 13.0 Å². The number of benzene rings is 2. The predicted octanol–water partition coefficient (Wildman–Crippen LogP) is 4.26. The highest BCUT2D eigenvalue weighted by Crippen LogP contribution is 2.42. The molecular weight excluding hydrogens is 380 g/mol. The molecule has 0 aliphatic carbocycles. The number of ketones is 1. The van der Waals surface area contributed by atoms with Crippen LogP contribution in [0, 0.1) is 6.92 Å². The molecule has 1 aliphatic heterocycles. The van der Waals surface area contributed by atoms with Crippen LogP contribution >= 0.6 is 11.6 Å². The molecule has 1 unspecified atom stereocenters. The number of aliphatic hydroxyl groups excluding tert-OH is 1. The second kappa shape index (κ2) is 6.98. The third kappa shape index (κ3) is 2.97. The standard InChI is InChI=1S/C21H15ClN2O4/c1-12-11-16(23-28-12)24-18(13-7-9-15(22)10-8-13)17(20(26)21(24)27)19(25)14-5-3-2-4-6-14/h2-11,18,25H,1H3. The molecule has 6 nitrogen and oxygen atoms in total. The second-order valence-electron chi connectivity index (χ2n) is 6.38. The van der Waals surface area contributed by atoms with E-state index in [4.69, 9.17) is 16.1 Å². The van der Waals surface area contributed by atoms with Crippen LogP contribution in [0.25, 0.3) is 5.76 Å². The molecule has 0 bridgehead atoms. The molecule has 140 valence electrons. The lowest BCUT2D eigenvalue weighted by molar-refractivity contribution is -0.132. The number of aromatic nitrogens is 1. The summed E-state index contributed by atoms with van der Waals surface area (Å²) in [5.41, 5.74) is 1.04. The Bertz CT molecular complexity index is 1090. The molecule has 1 fully saturated rings. The molecule has 1 atom stereocenters. The van der Waals surface area contributed by atoms with Crippen molar-refractivity contribution in [1.29, 1.82) is 0 Å². The summed E-state index contributed by atoms with van der Waals surface area (Å²) in [6.07, 6.45) is 0. The Balaban J connectivity index is 1.94. The molecule has 2 aromatic carbocycles. The average Bonchev–Trinajstić information content (AvgIpc) is 3.24. The number of hydrogen-bond donors (Lipinski definition) is 1. The maximum absolute atomic E-state index is 12.9. The van der Waals surface area contributed by atoms with Crippen LogP contribution in [0.5, 0.6) is 0 Å². The van der Waals surface area contributed by atoms with E-state index < -0.39 is 17.7 Å². The van der Waals surface area contributed by atoms with Crippen LogP contribution < -0.4 is 4.90 Å². The van der Waals surface area contributed by atoms with Crippen LogP contribution in [0.4, 0.5) is 5.82 Å². The fraction of sp³-hybridized carbons (Fsp3) is 0.0952. The lowest BCUT2D eigenvalue weighted by Gasteiger charge is -2.22. The number of aliphatic hydroxyl groups is 1. The first-order valence-corrected chi connectivity index (χ1v) is 8.90. The first-order chi connectivity index (χ1) is 13.5. The average molecular weight is 395 g/mol. The van der Waals surface area contributed by atoms with E-state index in [-0.39, 0.29) is 17.2 Å². The summed E-state index contributed by atoms with van der Waals surface area (Å²) in [6.45, 7) is 1.69. The highest BCUT2D eigenvalue weighted by Gasteiger charge is 2.48. The van der Waals surface area contributed by atoms with Gasteiger partial charge >= 0.3 is 5.91 Å². The minimum absolute atomic E-state index is 0.0147. The molecule has 4 rings (SSSR count). The number of rotatable bonds is 3. The Morgan fingerprint density at radius 1 is 1.11 bits per heavy atom. The van der Waals surface area contributed by atoms with Crippen LogP contribution in [0.3, 0.4) is 0 Å². The summed E-state index contributed by atoms with van der Waals surface area (Å²) in [5, 5.41) is 15.3. The van der Waals surface area contributed by atoms with Gasteiger partial charge in [-0.15, -0.1) is 0 Å². The minimum Gasteiger partial charge on any atom is -0.507 e. The van der Waals surface area contributed by atoms with Gasteiger partial charge in [0.25, 0.3) is 5.78 Å². The summed E-state index contributed by atoms with van der Waals surface area (Å²) in [6, 6.07) is 16.1. The zero-order chi connectivity index (χ0) is 19.8. The highest BCUT2D eigenvalue weighted by molar-refractivity contribution is 6.51. The number of carbonyl (C=O) groups excluding carboxylic acids is 2. The van der Waals surface area contributed by atoms with Crippen LogP contribution in [0.15, 0.2) is 70.8 Å². The molecule has 3 aromatic rings. The summed E-state index contributed by atoms with van der Waals surface area (Å²) in [5.74, 6) is -1.13. The molecule has 0 spiro atoms. The first kappa shape index (κ1) is 18.0. The molecular formula is C21H15ClN2O4. The number of nitrogens with zero attached hydrogens (tertiary/aromatic N) is 2. The predicted molar refractivity (Wildman–Crippen MR) is 104 cm³/mol. The molecule has 1 saturated heterocycles. The van der Waals surface area contributed by atoms with E-state index in [0.29, 0.717) is 21.9 Å². The van der Waals surface area contributed by atoms with Gasteiger partial charge in [-0.1, -0.05) is 59.2 Å². The molecule has 7 heteroatoms. The monoisotopic (exact) mass is 394 g/mol. The number of anilines is 1. The van der Waals surface area contributed by atoms with Crippen LogP contribution in [0.1, 0.15) is 22.9 Å². The van der Waals surface area contributed by atoms with Gasteiger partial charge in [0, 0.05) is 16.7 Å². The van der Waals surface area contributed by atoms with Crippen molar-refractivity contribution in [3.63, 3.8) is 0 Å². The van der Waals surface area contributed by atoms with Gasteiger partial charge in [-0.25, -0.2) is 0 Å². The van der Waals surface area contributed by atoms with E-state index in [9.17, 15) is 14.7 Å². The molecule has 0 saturated carbocycles. The molecule has 2 heterocycles. The third-order valence-corrected chi connectivity index (χ3v) is 4.79. The van der Waals surface area contributed by atoms with Crippen LogP contribution in [-0.2, 0) is 9.59 Å². The summed E-state index contributed by atoms with van der Waals surface area (Å²) in [4.78, 5) is 26.9. The Hall–Kier alpha value is -3.38. The Morgan fingerprint density at radius 3 is 2.39 bits per heavy atom. The Morgan fingerprint density at radius 2 is 1.79 bits per heavy atom. The number of halogens is 1. The second-order valence-corrected chi connectivity index (χ2v) is 6.82. The van der Waals surface area contributed by atoms with Gasteiger partial charge in [0.2, 0.25) is 0 Å². The normalized spacial score (nSPS) is 18.6. The molecule has 0 radical (unpaired) electrons. The molecule has 1 N–H and O–H groups in total. The van der Waals surface area contributed by atoms with Crippen molar-refractivity contribution in [3.8, 4) is 0 Å². The minimum atomic E-state index is -0.859. The Kier molecular flexibility index (Phi) is 4.49. The zero-order valence-electron chi connectivity index (χ0n) is 14.8. The molecule has 1 amide bonds. The van der Waals surface area contributed by atoms with E-state index in [1.807, 2.05) is 0 Å². The zero-order valence-corrected chi connectivity index (χ0v) is 15.6. The number of Topliss-reactive ketones (excluding diaryl/α,β-unsaturated/α-hetero) is 1.